The number of rotatable bonds is 8. The van der Waals surface area contributed by atoms with Gasteiger partial charge >= 0.3 is 11.9 Å². The van der Waals surface area contributed by atoms with E-state index in [4.69, 9.17) is 9.47 Å². The Hall–Kier alpha value is -1.46. The molecule has 0 rings (SSSR count). The van der Waals surface area contributed by atoms with Crippen molar-refractivity contribution in [3.8, 4) is 0 Å². The number of hydrogen-bond acceptors (Lipinski definition) is 6. The predicted molar refractivity (Wildman–Crippen MR) is 75.5 cm³/mol. The number of methoxy groups -OCH3 is 2. The quantitative estimate of drug-likeness (QED) is 0.507. The average Bonchev–Trinajstić information content (AvgIpc) is 2.44. The number of carbonyl (C=O) groups excluding carboxylic acids is 2. The normalized spacial score (nSPS) is 17.3. The van der Waals surface area contributed by atoms with Crippen LogP contribution in [0.25, 0.3) is 0 Å². The molecule has 0 aliphatic rings. The van der Waals surface area contributed by atoms with E-state index in [1.807, 2.05) is 13.8 Å². The molecule has 0 aromatic carbocycles. The van der Waals surface area contributed by atoms with Crippen LogP contribution in [0, 0.1) is 0 Å². The highest BCUT2D eigenvalue weighted by Gasteiger charge is 2.38. The van der Waals surface area contributed by atoms with Crippen LogP contribution in [0.3, 0.4) is 0 Å². The number of nitrogens with zero attached hydrogens (tertiary/aromatic N) is 2. The third kappa shape index (κ3) is 4.58. The maximum atomic E-state index is 11.8. The molecule has 0 radical (unpaired) electrons. The van der Waals surface area contributed by atoms with E-state index in [2.05, 4.69) is 10.2 Å². The standard InChI is InChI=1S/C14H26N2O4/c1-7-9-13(3,11(17)19-5)15-16-14(4,10-8-2)12(18)20-6/h7-10H2,1-6H3/b16-15+. The van der Waals surface area contributed by atoms with Gasteiger partial charge in [0.05, 0.1) is 14.2 Å². The Kier molecular flexibility index (Phi) is 7.39. The molecule has 0 aliphatic carbocycles. The third-order valence-corrected chi connectivity index (χ3v) is 3.22. The van der Waals surface area contributed by atoms with Crippen LogP contribution in [0.2, 0.25) is 0 Å². The molecule has 0 N–H and O–H groups in total. The zero-order chi connectivity index (χ0) is 15.8. The van der Waals surface area contributed by atoms with Crippen molar-refractivity contribution in [2.75, 3.05) is 14.2 Å². The molecule has 6 nitrogen and oxygen atoms in total. The molecule has 0 spiro atoms. The molecule has 0 saturated carbocycles. The molecule has 0 heterocycles. The number of hydrogen-bond donors (Lipinski definition) is 0. The molecule has 0 bridgehead atoms. The van der Waals surface area contributed by atoms with Crippen LogP contribution in [0.1, 0.15) is 53.4 Å². The van der Waals surface area contributed by atoms with Crippen LogP contribution in [0.4, 0.5) is 0 Å². The van der Waals surface area contributed by atoms with Gasteiger partial charge in [-0.05, 0) is 26.7 Å². The molecule has 20 heavy (non-hydrogen) atoms. The Morgan fingerprint density at radius 2 is 1.15 bits per heavy atom. The van der Waals surface area contributed by atoms with Gasteiger partial charge in [-0.3, -0.25) is 0 Å². The number of esters is 2. The van der Waals surface area contributed by atoms with E-state index in [1.54, 1.807) is 13.8 Å². The van der Waals surface area contributed by atoms with Crippen molar-refractivity contribution in [2.45, 2.75) is 64.5 Å². The molecule has 0 aromatic heterocycles. The molecule has 116 valence electrons. The van der Waals surface area contributed by atoms with Gasteiger partial charge in [0.2, 0.25) is 0 Å². The predicted octanol–water partition coefficient (Wildman–Crippen LogP) is 2.90. The summed E-state index contributed by atoms with van der Waals surface area (Å²) in [6.45, 7) is 7.22. The van der Waals surface area contributed by atoms with Gasteiger partial charge in [-0.25, -0.2) is 9.59 Å². The van der Waals surface area contributed by atoms with Crippen molar-refractivity contribution in [3.63, 3.8) is 0 Å². The van der Waals surface area contributed by atoms with Crippen LogP contribution in [0.15, 0.2) is 10.2 Å². The SMILES string of the molecule is CCCC(C)(/N=N/C(C)(CCC)C(=O)OC)C(=O)OC. The number of azo groups is 1. The van der Waals surface area contributed by atoms with Crippen LogP contribution < -0.4 is 0 Å². The van der Waals surface area contributed by atoms with E-state index in [0.717, 1.165) is 12.8 Å². The summed E-state index contributed by atoms with van der Waals surface area (Å²) in [7, 11) is 2.63. The first kappa shape index (κ1) is 18.5. The molecule has 0 fully saturated rings. The van der Waals surface area contributed by atoms with Crippen molar-refractivity contribution < 1.29 is 19.1 Å². The summed E-state index contributed by atoms with van der Waals surface area (Å²) in [6.07, 6.45) is 2.53. The van der Waals surface area contributed by atoms with Crippen molar-refractivity contribution in [2.24, 2.45) is 10.2 Å². The highest BCUT2D eigenvalue weighted by Crippen LogP contribution is 2.26. The lowest BCUT2D eigenvalue weighted by Gasteiger charge is -2.24. The van der Waals surface area contributed by atoms with E-state index in [0.29, 0.717) is 12.8 Å². The van der Waals surface area contributed by atoms with Gasteiger partial charge in [0.25, 0.3) is 0 Å². The Morgan fingerprint density at radius 1 is 0.850 bits per heavy atom. The zero-order valence-electron chi connectivity index (χ0n) is 13.4. The molecule has 0 aliphatic heterocycles. The highest BCUT2D eigenvalue weighted by atomic mass is 16.5. The maximum Gasteiger partial charge on any atom is 0.335 e. The first-order valence-corrected chi connectivity index (χ1v) is 6.90. The minimum absolute atomic E-state index is 0.452. The van der Waals surface area contributed by atoms with Gasteiger partial charge in [0, 0.05) is 0 Å². The largest absolute Gasteiger partial charge is 0.467 e. The maximum absolute atomic E-state index is 11.8. The Bertz CT molecular complexity index is 336. The molecule has 0 amide bonds. The second kappa shape index (κ2) is 7.97. The number of carbonyl (C=O) groups is 2. The first-order valence-electron chi connectivity index (χ1n) is 6.90. The molecule has 2 atom stereocenters. The van der Waals surface area contributed by atoms with Crippen molar-refractivity contribution in [1.29, 1.82) is 0 Å². The van der Waals surface area contributed by atoms with Gasteiger partial charge in [-0.1, -0.05) is 26.7 Å². The highest BCUT2D eigenvalue weighted by molar-refractivity contribution is 5.81. The monoisotopic (exact) mass is 286 g/mol. The molecular formula is C14H26N2O4. The average molecular weight is 286 g/mol. The molecule has 6 heteroatoms. The smallest absolute Gasteiger partial charge is 0.335 e. The van der Waals surface area contributed by atoms with E-state index in [9.17, 15) is 9.59 Å². The second-order valence-corrected chi connectivity index (χ2v) is 5.23. The van der Waals surface area contributed by atoms with Crippen LogP contribution in [0.5, 0.6) is 0 Å². The van der Waals surface area contributed by atoms with Crippen molar-refractivity contribution >= 4 is 11.9 Å². The van der Waals surface area contributed by atoms with E-state index >= 15 is 0 Å². The lowest BCUT2D eigenvalue weighted by atomic mass is 9.96. The Morgan fingerprint density at radius 3 is 1.35 bits per heavy atom. The lowest BCUT2D eigenvalue weighted by Crippen LogP contribution is -2.38. The van der Waals surface area contributed by atoms with Crippen LogP contribution in [-0.4, -0.2) is 37.2 Å². The van der Waals surface area contributed by atoms with Crippen LogP contribution >= 0.6 is 0 Å². The van der Waals surface area contributed by atoms with Gasteiger partial charge in [-0.2, -0.15) is 10.2 Å². The topological polar surface area (TPSA) is 77.3 Å². The summed E-state index contributed by atoms with van der Waals surface area (Å²) in [5.41, 5.74) is -2.13. The van der Waals surface area contributed by atoms with E-state index in [1.165, 1.54) is 14.2 Å². The summed E-state index contributed by atoms with van der Waals surface area (Å²) in [5.74, 6) is -0.904. The van der Waals surface area contributed by atoms with Gasteiger partial charge in [0.15, 0.2) is 11.1 Å². The summed E-state index contributed by atoms with van der Waals surface area (Å²) in [5, 5.41) is 8.25. The minimum Gasteiger partial charge on any atom is -0.467 e. The summed E-state index contributed by atoms with van der Waals surface area (Å²) >= 11 is 0. The summed E-state index contributed by atoms with van der Waals surface area (Å²) in [6, 6.07) is 0. The van der Waals surface area contributed by atoms with Crippen molar-refractivity contribution in [3.05, 3.63) is 0 Å². The van der Waals surface area contributed by atoms with Gasteiger partial charge in [-0.15, -0.1) is 0 Å². The fourth-order valence-corrected chi connectivity index (χ4v) is 2.02. The lowest BCUT2D eigenvalue weighted by molar-refractivity contribution is -0.149. The Labute approximate surface area is 120 Å². The molecule has 2 unspecified atom stereocenters. The first-order chi connectivity index (χ1) is 9.29. The second-order valence-electron chi connectivity index (χ2n) is 5.23. The van der Waals surface area contributed by atoms with Gasteiger partial charge < -0.3 is 9.47 Å². The van der Waals surface area contributed by atoms with Gasteiger partial charge in [0.1, 0.15) is 0 Å². The summed E-state index contributed by atoms with van der Waals surface area (Å²) < 4.78 is 9.54. The third-order valence-electron chi connectivity index (χ3n) is 3.22. The summed E-state index contributed by atoms with van der Waals surface area (Å²) in [4.78, 5) is 23.7. The molecule has 0 saturated heterocycles. The Balaban J connectivity index is 5.35. The zero-order valence-corrected chi connectivity index (χ0v) is 13.4. The minimum atomic E-state index is -1.06. The fourth-order valence-electron chi connectivity index (χ4n) is 2.02. The molecular weight excluding hydrogens is 260 g/mol. The molecule has 0 aromatic rings. The van der Waals surface area contributed by atoms with E-state index < -0.39 is 23.0 Å². The van der Waals surface area contributed by atoms with Crippen LogP contribution in [-0.2, 0) is 19.1 Å². The number of ether oxygens (including phenoxy) is 2. The fraction of sp³-hybridized carbons (Fsp3) is 0.857. The van der Waals surface area contributed by atoms with E-state index in [-0.39, 0.29) is 0 Å². The van der Waals surface area contributed by atoms with Crippen molar-refractivity contribution in [1.82, 2.24) is 0 Å².